The second-order valence-corrected chi connectivity index (χ2v) is 4.63. The molecule has 0 saturated carbocycles. The molecule has 0 fully saturated rings. The molecule has 0 aliphatic rings. The number of tetrazole rings is 1. The van der Waals surface area contributed by atoms with Gasteiger partial charge in [-0.2, -0.15) is 0 Å². The number of rotatable bonds is 5. The Balaban J connectivity index is 1.63. The average Bonchev–Trinajstić information content (AvgIpc) is 3.12. The van der Waals surface area contributed by atoms with E-state index in [0.29, 0.717) is 6.04 Å². The predicted molar refractivity (Wildman–Crippen MR) is 74.7 cm³/mol. The Morgan fingerprint density at radius 1 is 1.25 bits per heavy atom. The van der Waals surface area contributed by atoms with Gasteiger partial charge in [-0.25, -0.2) is 4.68 Å². The van der Waals surface area contributed by atoms with Crippen LogP contribution >= 0.6 is 0 Å². The highest BCUT2D eigenvalue weighted by Crippen LogP contribution is 2.14. The van der Waals surface area contributed by atoms with Crippen molar-refractivity contribution < 1.29 is 4.42 Å². The first kappa shape index (κ1) is 12.4. The van der Waals surface area contributed by atoms with Gasteiger partial charge in [-0.15, -0.1) is 5.10 Å². The summed E-state index contributed by atoms with van der Waals surface area (Å²) in [4.78, 5) is 0. The average molecular weight is 269 g/mol. The van der Waals surface area contributed by atoms with E-state index in [0.717, 1.165) is 23.6 Å². The fourth-order valence-corrected chi connectivity index (χ4v) is 2.06. The van der Waals surface area contributed by atoms with Crippen molar-refractivity contribution in [2.75, 3.05) is 5.32 Å². The van der Waals surface area contributed by atoms with Crippen molar-refractivity contribution in [3.05, 3.63) is 54.7 Å². The van der Waals surface area contributed by atoms with Crippen molar-refractivity contribution in [2.24, 2.45) is 0 Å². The van der Waals surface area contributed by atoms with Gasteiger partial charge in [0.1, 0.15) is 12.1 Å². The number of nitrogens with zero attached hydrogens (tertiary/aromatic N) is 4. The summed E-state index contributed by atoms with van der Waals surface area (Å²) in [6, 6.07) is 12.1. The molecule has 2 heterocycles. The summed E-state index contributed by atoms with van der Waals surface area (Å²) in [5.74, 6) is 0.982. The molecule has 1 unspecified atom stereocenters. The molecular weight excluding hydrogens is 254 g/mol. The van der Waals surface area contributed by atoms with Gasteiger partial charge in [-0.05, 0) is 53.7 Å². The van der Waals surface area contributed by atoms with E-state index in [4.69, 9.17) is 4.42 Å². The fourth-order valence-electron chi connectivity index (χ4n) is 2.06. The Labute approximate surface area is 116 Å². The molecule has 3 rings (SSSR count). The normalized spacial score (nSPS) is 12.2. The van der Waals surface area contributed by atoms with Crippen LogP contribution in [0.2, 0.25) is 0 Å². The van der Waals surface area contributed by atoms with E-state index in [1.165, 1.54) is 0 Å². The number of aromatic nitrogens is 4. The van der Waals surface area contributed by atoms with Gasteiger partial charge >= 0.3 is 0 Å². The first-order valence-electron chi connectivity index (χ1n) is 6.43. The van der Waals surface area contributed by atoms with Gasteiger partial charge in [0.2, 0.25) is 0 Å². The maximum absolute atomic E-state index is 5.34. The minimum atomic E-state index is 0.292. The maximum Gasteiger partial charge on any atom is 0.143 e. The molecule has 0 aliphatic carbocycles. The van der Waals surface area contributed by atoms with E-state index < -0.39 is 0 Å². The van der Waals surface area contributed by atoms with E-state index in [-0.39, 0.29) is 0 Å². The molecule has 0 saturated heterocycles. The van der Waals surface area contributed by atoms with E-state index in [9.17, 15) is 0 Å². The second-order valence-electron chi connectivity index (χ2n) is 4.63. The Kier molecular flexibility index (Phi) is 3.45. The molecule has 2 aromatic heterocycles. The topological polar surface area (TPSA) is 68.8 Å². The Hall–Kier alpha value is -2.63. The lowest BCUT2D eigenvalue weighted by Crippen LogP contribution is -2.17. The second kappa shape index (κ2) is 5.56. The third-order valence-corrected chi connectivity index (χ3v) is 2.98. The van der Waals surface area contributed by atoms with E-state index in [1.54, 1.807) is 17.3 Å². The molecule has 6 nitrogen and oxygen atoms in total. The summed E-state index contributed by atoms with van der Waals surface area (Å²) < 4.78 is 6.97. The smallest absolute Gasteiger partial charge is 0.143 e. The van der Waals surface area contributed by atoms with Crippen molar-refractivity contribution in [3.63, 3.8) is 0 Å². The minimum absolute atomic E-state index is 0.292. The molecule has 0 amide bonds. The number of benzene rings is 1. The number of anilines is 1. The van der Waals surface area contributed by atoms with E-state index in [2.05, 4.69) is 27.8 Å². The van der Waals surface area contributed by atoms with Crippen molar-refractivity contribution in [2.45, 2.75) is 19.4 Å². The largest absolute Gasteiger partial charge is 0.469 e. The lowest BCUT2D eigenvalue weighted by atomic mass is 10.2. The van der Waals surface area contributed by atoms with Crippen LogP contribution < -0.4 is 5.32 Å². The molecule has 102 valence electrons. The first-order valence-corrected chi connectivity index (χ1v) is 6.43. The van der Waals surface area contributed by atoms with E-state index >= 15 is 0 Å². The monoisotopic (exact) mass is 269 g/mol. The molecule has 0 aliphatic heterocycles. The predicted octanol–water partition coefficient (Wildman–Crippen LogP) is 2.30. The van der Waals surface area contributed by atoms with Gasteiger partial charge in [0.15, 0.2) is 0 Å². The van der Waals surface area contributed by atoms with Crippen LogP contribution in [-0.2, 0) is 6.42 Å². The summed E-state index contributed by atoms with van der Waals surface area (Å²) in [5, 5.41) is 14.5. The summed E-state index contributed by atoms with van der Waals surface area (Å²) in [6.45, 7) is 2.12. The quantitative estimate of drug-likeness (QED) is 0.769. The van der Waals surface area contributed by atoms with E-state index in [1.807, 2.05) is 36.4 Å². The van der Waals surface area contributed by atoms with Crippen LogP contribution in [0.3, 0.4) is 0 Å². The Morgan fingerprint density at radius 2 is 2.10 bits per heavy atom. The molecular formula is C14H15N5O. The highest BCUT2D eigenvalue weighted by molar-refractivity contribution is 5.48. The molecule has 1 N–H and O–H groups in total. The standard InChI is InChI=1S/C14H15N5O/c1-11(9-14-3-2-8-20-14)16-12-4-6-13(7-5-12)19-10-15-17-18-19/h2-8,10-11,16H,9H2,1H3. The maximum atomic E-state index is 5.34. The highest BCUT2D eigenvalue weighted by Gasteiger charge is 2.06. The van der Waals surface area contributed by atoms with Crippen LogP contribution in [0.5, 0.6) is 0 Å². The van der Waals surface area contributed by atoms with Crippen molar-refractivity contribution in [3.8, 4) is 5.69 Å². The Bertz CT molecular complexity index is 631. The fraction of sp³-hybridized carbons (Fsp3) is 0.214. The van der Waals surface area contributed by atoms with Crippen LogP contribution in [0.25, 0.3) is 5.69 Å². The Morgan fingerprint density at radius 3 is 2.75 bits per heavy atom. The zero-order chi connectivity index (χ0) is 13.8. The number of hydrogen-bond donors (Lipinski definition) is 1. The van der Waals surface area contributed by atoms with Gasteiger partial charge in [-0.1, -0.05) is 0 Å². The van der Waals surface area contributed by atoms with Crippen molar-refractivity contribution in [1.29, 1.82) is 0 Å². The molecule has 3 aromatic rings. The zero-order valence-corrected chi connectivity index (χ0v) is 11.1. The van der Waals surface area contributed by atoms with Crippen LogP contribution in [0.4, 0.5) is 5.69 Å². The molecule has 0 bridgehead atoms. The van der Waals surface area contributed by atoms with Gasteiger partial charge in [0.05, 0.1) is 12.0 Å². The van der Waals surface area contributed by atoms with Gasteiger partial charge in [0.25, 0.3) is 0 Å². The van der Waals surface area contributed by atoms with Gasteiger partial charge in [-0.3, -0.25) is 0 Å². The van der Waals surface area contributed by atoms with Crippen LogP contribution in [0.15, 0.2) is 53.4 Å². The molecule has 0 spiro atoms. The van der Waals surface area contributed by atoms with Crippen molar-refractivity contribution >= 4 is 5.69 Å². The minimum Gasteiger partial charge on any atom is -0.469 e. The molecule has 0 radical (unpaired) electrons. The molecule has 6 heteroatoms. The third-order valence-electron chi connectivity index (χ3n) is 2.98. The van der Waals surface area contributed by atoms with Crippen LogP contribution in [-0.4, -0.2) is 26.2 Å². The van der Waals surface area contributed by atoms with Gasteiger partial charge < -0.3 is 9.73 Å². The summed E-state index contributed by atoms with van der Waals surface area (Å²) >= 11 is 0. The summed E-state index contributed by atoms with van der Waals surface area (Å²) in [6.07, 6.45) is 4.12. The first-order chi connectivity index (χ1) is 9.81. The molecule has 1 atom stereocenters. The summed E-state index contributed by atoms with van der Waals surface area (Å²) in [7, 11) is 0. The SMILES string of the molecule is CC(Cc1ccco1)Nc1ccc(-n2cnnn2)cc1. The van der Waals surface area contributed by atoms with Crippen molar-refractivity contribution in [1.82, 2.24) is 20.2 Å². The summed E-state index contributed by atoms with van der Waals surface area (Å²) in [5.41, 5.74) is 1.99. The number of hydrogen-bond acceptors (Lipinski definition) is 5. The lowest BCUT2D eigenvalue weighted by molar-refractivity contribution is 0.498. The number of nitrogens with one attached hydrogen (secondary N) is 1. The zero-order valence-electron chi connectivity index (χ0n) is 11.1. The van der Waals surface area contributed by atoms with Crippen LogP contribution in [0.1, 0.15) is 12.7 Å². The van der Waals surface area contributed by atoms with Gasteiger partial charge in [0, 0.05) is 18.2 Å². The van der Waals surface area contributed by atoms with Crippen LogP contribution in [0, 0.1) is 0 Å². The molecule has 1 aromatic carbocycles. The number of furan rings is 1. The third kappa shape index (κ3) is 2.85. The molecule has 20 heavy (non-hydrogen) atoms. The highest BCUT2D eigenvalue weighted by atomic mass is 16.3. The lowest BCUT2D eigenvalue weighted by Gasteiger charge is -2.14.